The molecule has 1 spiro atoms. The Kier molecular flexibility index (Phi) is 4.06. The lowest BCUT2D eigenvalue weighted by atomic mass is 9.88. The summed E-state index contributed by atoms with van der Waals surface area (Å²) in [6.07, 6.45) is 1.23. The lowest BCUT2D eigenvalue weighted by Crippen LogP contribution is -2.70. The molecule has 2 fully saturated rings. The predicted octanol–water partition coefficient (Wildman–Crippen LogP) is 1.69. The molecule has 2 amide bonds. The molecular weight excluding hydrogens is 254 g/mol. The van der Waals surface area contributed by atoms with Gasteiger partial charge in [-0.3, -0.25) is 9.59 Å². The van der Waals surface area contributed by atoms with Crippen LogP contribution in [0, 0.1) is 0 Å². The van der Waals surface area contributed by atoms with Crippen LogP contribution >= 0.6 is 0 Å². The minimum atomic E-state index is -2.60. The van der Waals surface area contributed by atoms with E-state index in [1.165, 1.54) is 0 Å². The highest BCUT2D eigenvalue weighted by Gasteiger charge is 2.53. The first-order valence-corrected chi connectivity index (χ1v) is 6.92. The van der Waals surface area contributed by atoms with E-state index in [2.05, 4.69) is 5.32 Å². The third kappa shape index (κ3) is 2.44. The van der Waals surface area contributed by atoms with Crippen LogP contribution in [0.15, 0.2) is 0 Å². The summed E-state index contributed by atoms with van der Waals surface area (Å²) in [4.78, 5) is 25.8. The minimum Gasteiger partial charge on any atom is -0.342 e. The first-order valence-electron chi connectivity index (χ1n) is 6.92. The van der Waals surface area contributed by atoms with E-state index in [4.69, 9.17) is 0 Å². The molecule has 1 aliphatic heterocycles. The average Bonchev–Trinajstić information content (AvgIpc) is 2.83. The highest BCUT2D eigenvalue weighted by Crippen LogP contribution is 2.38. The van der Waals surface area contributed by atoms with Crippen molar-refractivity contribution in [3.8, 4) is 0 Å². The highest BCUT2D eigenvalue weighted by atomic mass is 19.3. The number of piperazine rings is 1. The average molecular weight is 274 g/mol. The monoisotopic (exact) mass is 274 g/mol. The Morgan fingerprint density at radius 2 is 2.00 bits per heavy atom. The van der Waals surface area contributed by atoms with E-state index in [0.717, 1.165) is 24.2 Å². The van der Waals surface area contributed by atoms with Crippen molar-refractivity contribution in [2.45, 2.75) is 63.5 Å². The van der Waals surface area contributed by atoms with E-state index in [9.17, 15) is 18.4 Å². The fraction of sp³-hybridized carbons (Fsp3) is 0.846. The second-order valence-corrected chi connectivity index (χ2v) is 5.39. The number of hydrogen-bond acceptors (Lipinski definition) is 2. The molecule has 0 radical (unpaired) electrons. The second-order valence-electron chi connectivity index (χ2n) is 5.39. The molecule has 1 aliphatic carbocycles. The Bertz CT molecular complexity index is 368. The number of carbonyl (C=O) groups is 2. The van der Waals surface area contributed by atoms with Crippen molar-refractivity contribution in [1.29, 1.82) is 0 Å². The Balaban J connectivity index is 2.27. The normalized spacial score (nSPS) is 26.3. The van der Waals surface area contributed by atoms with Crippen LogP contribution in [0.2, 0.25) is 0 Å². The predicted molar refractivity (Wildman–Crippen MR) is 65.8 cm³/mol. The number of amides is 2. The molecule has 0 aromatic rings. The van der Waals surface area contributed by atoms with Crippen LogP contribution in [0.1, 0.15) is 45.4 Å². The van der Waals surface area contributed by atoms with Crippen LogP contribution in [0.3, 0.4) is 0 Å². The molecule has 2 rings (SSSR count). The molecule has 1 unspecified atom stereocenters. The van der Waals surface area contributed by atoms with E-state index in [0.29, 0.717) is 19.3 Å². The molecule has 0 aromatic carbocycles. The number of rotatable bonds is 4. The number of carbonyl (C=O) groups excluding carboxylic acids is 2. The number of nitrogens with zero attached hydrogens (tertiary/aromatic N) is 1. The number of halogens is 2. The third-order valence-corrected chi connectivity index (χ3v) is 4.14. The number of nitrogens with one attached hydrogen (secondary N) is 1. The fourth-order valence-electron chi connectivity index (χ4n) is 3.22. The molecule has 1 saturated heterocycles. The van der Waals surface area contributed by atoms with E-state index in [-0.39, 0.29) is 11.8 Å². The van der Waals surface area contributed by atoms with Gasteiger partial charge in [0.1, 0.15) is 11.6 Å². The summed E-state index contributed by atoms with van der Waals surface area (Å²) in [5, 5.41) is 2.73. The lowest BCUT2D eigenvalue weighted by Gasteiger charge is -2.46. The van der Waals surface area contributed by atoms with Crippen molar-refractivity contribution in [1.82, 2.24) is 10.2 Å². The van der Waals surface area contributed by atoms with Gasteiger partial charge in [0.2, 0.25) is 11.8 Å². The standard InChI is InChI=1S/C13H20F2N2O2/c1-2-5-9-11(18)17(8-10(14)15)13(12(19)16-9)6-3-4-7-13/h9-10H,2-8H2,1H3,(H,16,19). The zero-order valence-electron chi connectivity index (χ0n) is 11.1. The SMILES string of the molecule is CCCC1NC(=O)C2(CCCC2)N(CC(F)F)C1=O. The summed E-state index contributed by atoms with van der Waals surface area (Å²) in [6.45, 7) is 1.27. The fourth-order valence-corrected chi connectivity index (χ4v) is 3.22. The van der Waals surface area contributed by atoms with Gasteiger partial charge in [-0.05, 0) is 19.3 Å². The van der Waals surface area contributed by atoms with E-state index < -0.39 is 24.6 Å². The summed E-state index contributed by atoms with van der Waals surface area (Å²) in [6, 6.07) is -0.637. The van der Waals surface area contributed by atoms with Gasteiger partial charge < -0.3 is 10.2 Å². The Labute approximate surface area is 111 Å². The summed E-state index contributed by atoms with van der Waals surface area (Å²) in [7, 11) is 0. The van der Waals surface area contributed by atoms with E-state index in [1.54, 1.807) is 0 Å². The molecule has 1 atom stereocenters. The lowest BCUT2D eigenvalue weighted by molar-refractivity contribution is -0.160. The molecule has 19 heavy (non-hydrogen) atoms. The van der Waals surface area contributed by atoms with Gasteiger partial charge in [-0.25, -0.2) is 8.78 Å². The summed E-state index contributed by atoms with van der Waals surface area (Å²) < 4.78 is 25.5. The minimum absolute atomic E-state index is 0.247. The van der Waals surface area contributed by atoms with Gasteiger partial charge in [-0.15, -0.1) is 0 Å². The van der Waals surface area contributed by atoms with Crippen molar-refractivity contribution in [2.75, 3.05) is 6.54 Å². The van der Waals surface area contributed by atoms with Crippen LogP contribution in [0.4, 0.5) is 8.78 Å². The van der Waals surface area contributed by atoms with Crippen molar-refractivity contribution in [3.63, 3.8) is 0 Å². The molecule has 1 N–H and O–H groups in total. The first kappa shape index (κ1) is 14.2. The second kappa shape index (κ2) is 5.43. The van der Waals surface area contributed by atoms with Crippen LogP contribution in [-0.4, -0.2) is 41.3 Å². The van der Waals surface area contributed by atoms with Gasteiger partial charge in [0.15, 0.2) is 0 Å². The Morgan fingerprint density at radius 1 is 1.37 bits per heavy atom. The van der Waals surface area contributed by atoms with E-state index >= 15 is 0 Å². The maximum Gasteiger partial charge on any atom is 0.255 e. The van der Waals surface area contributed by atoms with Crippen LogP contribution < -0.4 is 5.32 Å². The maximum atomic E-state index is 12.7. The molecule has 1 heterocycles. The van der Waals surface area contributed by atoms with Gasteiger partial charge in [-0.1, -0.05) is 26.2 Å². The molecule has 0 bridgehead atoms. The van der Waals surface area contributed by atoms with Gasteiger partial charge in [0.25, 0.3) is 6.43 Å². The third-order valence-electron chi connectivity index (χ3n) is 4.14. The van der Waals surface area contributed by atoms with E-state index in [1.807, 2.05) is 6.92 Å². The highest BCUT2D eigenvalue weighted by molar-refractivity contribution is 6.00. The summed E-state index contributed by atoms with van der Waals surface area (Å²) >= 11 is 0. The van der Waals surface area contributed by atoms with Crippen molar-refractivity contribution < 1.29 is 18.4 Å². The molecule has 4 nitrogen and oxygen atoms in total. The molecule has 1 saturated carbocycles. The molecule has 108 valence electrons. The number of hydrogen-bond donors (Lipinski definition) is 1. The Hall–Kier alpha value is -1.20. The number of alkyl halides is 2. The quantitative estimate of drug-likeness (QED) is 0.848. The molecule has 0 aromatic heterocycles. The topological polar surface area (TPSA) is 49.4 Å². The van der Waals surface area contributed by atoms with Gasteiger partial charge in [0, 0.05) is 0 Å². The molecule has 6 heteroatoms. The first-order chi connectivity index (χ1) is 9.01. The largest absolute Gasteiger partial charge is 0.342 e. The van der Waals surface area contributed by atoms with Crippen molar-refractivity contribution >= 4 is 11.8 Å². The smallest absolute Gasteiger partial charge is 0.255 e. The van der Waals surface area contributed by atoms with Crippen LogP contribution in [0.25, 0.3) is 0 Å². The van der Waals surface area contributed by atoms with Crippen molar-refractivity contribution in [3.05, 3.63) is 0 Å². The van der Waals surface area contributed by atoms with Gasteiger partial charge in [-0.2, -0.15) is 0 Å². The summed E-state index contributed by atoms with van der Waals surface area (Å²) in [5.41, 5.74) is -1.02. The maximum absolute atomic E-state index is 12.7. The van der Waals surface area contributed by atoms with Crippen LogP contribution in [0.5, 0.6) is 0 Å². The van der Waals surface area contributed by atoms with Gasteiger partial charge >= 0.3 is 0 Å². The molecule has 2 aliphatic rings. The van der Waals surface area contributed by atoms with Crippen LogP contribution in [-0.2, 0) is 9.59 Å². The zero-order chi connectivity index (χ0) is 14.0. The zero-order valence-corrected chi connectivity index (χ0v) is 11.1. The van der Waals surface area contributed by atoms with Crippen molar-refractivity contribution in [2.24, 2.45) is 0 Å². The molecular formula is C13H20F2N2O2. The Morgan fingerprint density at radius 3 is 2.53 bits per heavy atom. The summed E-state index contributed by atoms with van der Waals surface area (Å²) in [5.74, 6) is -0.590. The van der Waals surface area contributed by atoms with Gasteiger partial charge in [0.05, 0.1) is 6.54 Å².